The Balaban J connectivity index is 1.66. The summed E-state index contributed by atoms with van der Waals surface area (Å²) in [5.41, 5.74) is 0.803. The minimum absolute atomic E-state index is 0.334. The van der Waals surface area contributed by atoms with E-state index in [1.165, 1.54) is 32.1 Å². The summed E-state index contributed by atoms with van der Waals surface area (Å²) in [6.07, 6.45) is 10.3. The second kappa shape index (κ2) is 6.16. The number of aromatic nitrogens is 1. The molecule has 1 aromatic rings. The van der Waals surface area contributed by atoms with E-state index < -0.39 is 11.9 Å². The fraction of sp³-hybridized carbons (Fsp3) is 0.733. The van der Waals surface area contributed by atoms with Crippen LogP contribution in [0.4, 0.5) is 5.13 Å². The van der Waals surface area contributed by atoms with Gasteiger partial charge in [-0.3, -0.25) is 4.79 Å². The van der Waals surface area contributed by atoms with Crippen LogP contribution in [0.1, 0.15) is 55.0 Å². The molecule has 0 radical (unpaired) electrons. The van der Waals surface area contributed by atoms with E-state index in [0.29, 0.717) is 11.2 Å². The molecule has 0 aliphatic heterocycles. The molecule has 21 heavy (non-hydrogen) atoms. The van der Waals surface area contributed by atoms with Crippen molar-refractivity contribution in [1.29, 1.82) is 0 Å². The number of nitrogens with one attached hydrogen (secondary N) is 1. The zero-order chi connectivity index (χ0) is 14.9. The first-order valence-corrected chi connectivity index (χ1v) is 9.69. The molecule has 1 fully saturated rings. The van der Waals surface area contributed by atoms with Crippen LogP contribution < -0.4 is 5.32 Å². The van der Waals surface area contributed by atoms with Gasteiger partial charge in [0.2, 0.25) is 0 Å². The highest BCUT2D eigenvalue weighted by atomic mass is 32.2. The van der Waals surface area contributed by atoms with Crippen molar-refractivity contribution in [3.63, 3.8) is 0 Å². The lowest BCUT2D eigenvalue weighted by Gasteiger charge is -2.35. The second-order valence-electron chi connectivity index (χ2n) is 6.06. The normalized spacial score (nSPS) is 23.8. The van der Waals surface area contributed by atoms with Gasteiger partial charge in [0.05, 0.1) is 5.69 Å². The summed E-state index contributed by atoms with van der Waals surface area (Å²) in [6, 6.07) is 0. The fourth-order valence-electron chi connectivity index (χ4n) is 3.43. The summed E-state index contributed by atoms with van der Waals surface area (Å²) in [5, 5.41) is 13.6. The number of aryl methyl sites for hydroxylation is 1. The summed E-state index contributed by atoms with van der Waals surface area (Å²) in [7, 11) is 0. The maximum atomic E-state index is 11.2. The van der Waals surface area contributed by atoms with Gasteiger partial charge in [-0.05, 0) is 31.9 Å². The number of aliphatic carboxylic acids is 1. The number of rotatable bonds is 5. The van der Waals surface area contributed by atoms with Crippen LogP contribution >= 0.6 is 23.1 Å². The minimum Gasteiger partial charge on any atom is -0.481 e. The largest absolute Gasteiger partial charge is 0.481 e. The average molecular weight is 326 g/mol. The maximum absolute atomic E-state index is 11.2. The van der Waals surface area contributed by atoms with E-state index in [-0.39, 0.29) is 0 Å². The number of thiazole rings is 1. The standard InChI is InChI=1S/C15H22N2O2S2/c1-20-15(7-3-2-4-8-15)9-16-14-17-12-10(13(18)19)5-6-11(12)21-14/h10H,2-9H2,1H3,(H,16,17)(H,18,19). The third-order valence-electron chi connectivity index (χ3n) is 4.78. The Labute approximate surface area is 133 Å². The highest BCUT2D eigenvalue weighted by molar-refractivity contribution is 8.00. The molecule has 0 amide bonds. The van der Waals surface area contributed by atoms with Crippen LogP contribution in [0.15, 0.2) is 0 Å². The lowest BCUT2D eigenvalue weighted by molar-refractivity contribution is -0.138. The predicted molar refractivity (Wildman–Crippen MR) is 88.6 cm³/mol. The summed E-state index contributed by atoms with van der Waals surface area (Å²) in [4.78, 5) is 16.9. The number of fused-ring (bicyclic) bond motifs is 1. The molecule has 2 N–H and O–H groups in total. The monoisotopic (exact) mass is 326 g/mol. The third-order valence-corrected chi connectivity index (χ3v) is 7.28. The number of carbonyl (C=O) groups is 1. The number of hydrogen-bond donors (Lipinski definition) is 2. The van der Waals surface area contributed by atoms with Gasteiger partial charge < -0.3 is 10.4 Å². The number of thioether (sulfide) groups is 1. The van der Waals surface area contributed by atoms with Gasteiger partial charge in [-0.15, -0.1) is 11.3 Å². The van der Waals surface area contributed by atoms with E-state index in [1.807, 2.05) is 11.8 Å². The van der Waals surface area contributed by atoms with Crippen LogP contribution in [-0.4, -0.2) is 33.6 Å². The van der Waals surface area contributed by atoms with Crippen molar-refractivity contribution in [3.05, 3.63) is 10.6 Å². The van der Waals surface area contributed by atoms with Crippen molar-refractivity contribution >= 4 is 34.2 Å². The van der Waals surface area contributed by atoms with Gasteiger partial charge in [-0.2, -0.15) is 11.8 Å². The quantitative estimate of drug-likeness (QED) is 0.863. The Kier molecular flexibility index (Phi) is 4.45. The maximum Gasteiger partial charge on any atom is 0.312 e. The molecule has 2 aliphatic carbocycles. The zero-order valence-electron chi connectivity index (χ0n) is 12.4. The van der Waals surface area contributed by atoms with E-state index >= 15 is 0 Å². The molecule has 1 saturated carbocycles. The highest BCUT2D eigenvalue weighted by Crippen LogP contribution is 2.41. The second-order valence-corrected chi connectivity index (χ2v) is 8.42. The van der Waals surface area contributed by atoms with Crippen LogP contribution in [0.2, 0.25) is 0 Å². The van der Waals surface area contributed by atoms with Gasteiger partial charge in [0.15, 0.2) is 5.13 Å². The Hall–Kier alpha value is -0.750. The smallest absolute Gasteiger partial charge is 0.312 e. The Morgan fingerprint density at radius 1 is 1.48 bits per heavy atom. The number of hydrogen-bond acceptors (Lipinski definition) is 5. The fourth-order valence-corrected chi connectivity index (χ4v) is 5.38. The van der Waals surface area contributed by atoms with E-state index in [1.54, 1.807) is 11.3 Å². The molecule has 2 aliphatic rings. The Morgan fingerprint density at radius 3 is 2.90 bits per heavy atom. The molecule has 1 atom stereocenters. The molecule has 1 heterocycles. The summed E-state index contributed by atoms with van der Waals surface area (Å²) in [5.74, 6) is -1.13. The van der Waals surface area contributed by atoms with E-state index in [0.717, 1.165) is 28.7 Å². The van der Waals surface area contributed by atoms with Crippen molar-refractivity contribution in [1.82, 2.24) is 4.98 Å². The molecular formula is C15H22N2O2S2. The first kappa shape index (κ1) is 15.2. The first-order chi connectivity index (χ1) is 10.1. The molecule has 0 saturated heterocycles. The average Bonchev–Trinajstić information content (AvgIpc) is 3.05. The molecular weight excluding hydrogens is 304 g/mol. The zero-order valence-corrected chi connectivity index (χ0v) is 14.0. The molecule has 1 aromatic heterocycles. The van der Waals surface area contributed by atoms with Crippen molar-refractivity contribution in [2.45, 2.75) is 55.6 Å². The molecule has 3 rings (SSSR count). The van der Waals surface area contributed by atoms with Crippen LogP contribution in [0, 0.1) is 0 Å². The Morgan fingerprint density at radius 2 is 2.24 bits per heavy atom. The van der Waals surface area contributed by atoms with Gasteiger partial charge in [0.25, 0.3) is 0 Å². The number of carboxylic acids is 1. The SMILES string of the molecule is CSC1(CNc2nc3c(s2)CCC3C(=O)O)CCCCC1. The molecule has 0 aromatic carbocycles. The van der Waals surface area contributed by atoms with Crippen LogP contribution in [0.5, 0.6) is 0 Å². The number of carboxylic acid groups (broad SMARTS) is 1. The van der Waals surface area contributed by atoms with E-state index in [4.69, 9.17) is 0 Å². The lowest BCUT2D eigenvalue weighted by atomic mass is 9.88. The number of anilines is 1. The molecule has 0 bridgehead atoms. The lowest BCUT2D eigenvalue weighted by Crippen LogP contribution is -2.35. The molecule has 6 heteroatoms. The van der Waals surface area contributed by atoms with Crippen LogP contribution in [-0.2, 0) is 11.2 Å². The van der Waals surface area contributed by atoms with Gasteiger partial charge in [-0.1, -0.05) is 19.3 Å². The molecule has 4 nitrogen and oxygen atoms in total. The topological polar surface area (TPSA) is 62.2 Å². The minimum atomic E-state index is -0.738. The van der Waals surface area contributed by atoms with Crippen LogP contribution in [0.3, 0.4) is 0 Å². The summed E-state index contributed by atoms with van der Waals surface area (Å²) in [6.45, 7) is 0.943. The number of nitrogens with zero attached hydrogens (tertiary/aromatic N) is 1. The molecule has 116 valence electrons. The molecule has 0 spiro atoms. The van der Waals surface area contributed by atoms with Crippen molar-refractivity contribution in [2.24, 2.45) is 0 Å². The van der Waals surface area contributed by atoms with Crippen molar-refractivity contribution in [3.8, 4) is 0 Å². The van der Waals surface area contributed by atoms with Crippen molar-refractivity contribution in [2.75, 3.05) is 18.1 Å². The van der Waals surface area contributed by atoms with Gasteiger partial charge in [0.1, 0.15) is 5.92 Å². The first-order valence-electron chi connectivity index (χ1n) is 7.65. The van der Waals surface area contributed by atoms with Crippen LogP contribution in [0.25, 0.3) is 0 Å². The van der Waals surface area contributed by atoms with Gasteiger partial charge >= 0.3 is 5.97 Å². The summed E-state index contributed by atoms with van der Waals surface area (Å²) < 4.78 is 0.334. The van der Waals surface area contributed by atoms with E-state index in [9.17, 15) is 9.90 Å². The van der Waals surface area contributed by atoms with Gasteiger partial charge in [0, 0.05) is 16.2 Å². The van der Waals surface area contributed by atoms with Crippen molar-refractivity contribution < 1.29 is 9.90 Å². The molecule has 1 unspecified atom stereocenters. The predicted octanol–water partition coefficient (Wildman–Crippen LogP) is 3.74. The highest BCUT2D eigenvalue weighted by Gasteiger charge is 2.34. The summed E-state index contributed by atoms with van der Waals surface area (Å²) >= 11 is 3.61. The van der Waals surface area contributed by atoms with Gasteiger partial charge in [-0.25, -0.2) is 4.98 Å². The third kappa shape index (κ3) is 3.06. The van der Waals surface area contributed by atoms with E-state index in [2.05, 4.69) is 16.6 Å². The Bertz CT molecular complexity index is 524.